The molecule has 1 aliphatic heterocycles. The van der Waals surface area contributed by atoms with E-state index < -0.39 is 60.5 Å². The van der Waals surface area contributed by atoms with Gasteiger partial charge in [-0.2, -0.15) is 0 Å². The SMILES string of the molecule is O=C(OC[C@H]1O[C@H](Oc2ccc(/C=C\c3cc(O)cc(O)c3)cc2)[C@H](O)[C@@H](O)[C@@H]1O)c1cc(O)c(O)c(O)c1. The van der Waals surface area contributed by atoms with Crippen molar-refractivity contribution in [3.05, 3.63) is 71.3 Å². The van der Waals surface area contributed by atoms with Gasteiger partial charge < -0.3 is 55.1 Å². The van der Waals surface area contributed by atoms with Crippen molar-refractivity contribution in [1.82, 2.24) is 0 Å². The molecule has 0 radical (unpaired) electrons. The number of phenols is 5. The quantitative estimate of drug-likeness (QED) is 0.121. The first-order valence-electron chi connectivity index (χ1n) is 11.6. The molecule has 3 aromatic rings. The van der Waals surface area contributed by atoms with Gasteiger partial charge in [-0.25, -0.2) is 4.79 Å². The Hall–Kier alpha value is -4.49. The molecule has 1 fully saturated rings. The first-order valence-corrected chi connectivity index (χ1v) is 11.6. The number of phenolic OH excluding ortho intramolecular Hbond substituents is 5. The summed E-state index contributed by atoms with van der Waals surface area (Å²) in [6.07, 6.45) is -4.33. The second kappa shape index (κ2) is 11.5. The van der Waals surface area contributed by atoms with Crippen LogP contribution in [0.3, 0.4) is 0 Å². The minimum absolute atomic E-state index is 0.0799. The van der Waals surface area contributed by atoms with Crippen molar-refractivity contribution in [3.8, 4) is 34.5 Å². The summed E-state index contributed by atoms with van der Waals surface area (Å²) in [5.74, 6) is -3.24. The number of hydrogen-bond acceptors (Lipinski definition) is 12. The summed E-state index contributed by atoms with van der Waals surface area (Å²) in [6, 6.07) is 12.4. The highest BCUT2D eigenvalue weighted by Gasteiger charge is 2.45. The van der Waals surface area contributed by atoms with Gasteiger partial charge in [0.05, 0.1) is 5.56 Å². The largest absolute Gasteiger partial charge is 0.508 e. The van der Waals surface area contributed by atoms with E-state index in [4.69, 9.17) is 14.2 Å². The first kappa shape index (κ1) is 27.5. The third kappa shape index (κ3) is 6.51. The van der Waals surface area contributed by atoms with E-state index in [1.54, 1.807) is 36.4 Å². The fourth-order valence-corrected chi connectivity index (χ4v) is 3.81. The molecule has 8 N–H and O–H groups in total. The van der Waals surface area contributed by atoms with Gasteiger partial charge in [-0.1, -0.05) is 24.3 Å². The summed E-state index contributed by atoms with van der Waals surface area (Å²) in [5, 5.41) is 78.6. The fraction of sp³-hybridized carbons (Fsp3) is 0.222. The lowest BCUT2D eigenvalue weighted by Gasteiger charge is -2.39. The monoisotopic (exact) mass is 542 g/mol. The maximum Gasteiger partial charge on any atom is 0.338 e. The fourth-order valence-electron chi connectivity index (χ4n) is 3.81. The Labute approximate surface area is 221 Å². The van der Waals surface area contributed by atoms with E-state index in [9.17, 15) is 45.6 Å². The van der Waals surface area contributed by atoms with Crippen LogP contribution in [-0.4, -0.2) is 84.1 Å². The van der Waals surface area contributed by atoms with Crippen LogP contribution in [0.4, 0.5) is 0 Å². The van der Waals surface area contributed by atoms with Crippen LogP contribution in [0.15, 0.2) is 54.6 Å². The lowest BCUT2D eigenvalue weighted by molar-refractivity contribution is -0.277. The Morgan fingerprint density at radius 2 is 1.36 bits per heavy atom. The van der Waals surface area contributed by atoms with Crippen molar-refractivity contribution < 1.29 is 59.9 Å². The minimum Gasteiger partial charge on any atom is -0.508 e. The Kier molecular flexibility index (Phi) is 8.12. The molecule has 206 valence electrons. The normalized spacial score (nSPS) is 23.0. The number of rotatable bonds is 7. The molecule has 1 heterocycles. The van der Waals surface area contributed by atoms with Gasteiger partial charge in [0.15, 0.2) is 17.2 Å². The van der Waals surface area contributed by atoms with Gasteiger partial charge in [-0.05, 0) is 47.5 Å². The highest BCUT2D eigenvalue weighted by Crippen LogP contribution is 2.35. The Morgan fingerprint density at radius 3 is 1.97 bits per heavy atom. The van der Waals surface area contributed by atoms with Gasteiger partial charge in [0.2, 0.25) is 6.29 Å². The number of ether oxygens (including phenoxy) is 3. The van der Waals surface area contributed by atoms with Crippen LogP contribution in [0.1, 0.15) is 21.5 Å². The number of esters is 1. The van der Waals surface area contributed by atoms with Crippen LogP contribution >= 0.6 is 0 Å². The minimum atomic E-state index is -1.70. The molecule has 1 saturated heterocycles. The van der Waals surface area contributed by atoms with Crippen molar-refractivity contribution in [2.75, 3.05) is 6.61 Å². The maximum absolute atomic E-state index is 12.3. The summed E-state index contributed by atoms with van der Waals surface area (Å²) in [5.41, 5.74) is 1.02. The molecule has 0 unspecified atom stereocenters. The lowest BCUT2D eigenvalue weighted by atomic mass is 9.99. The smallest absolute Gasteiger partial charge is 0.338 e. The van der Waals surface area contributed by atoms with E-state index in [0.29, 0.717) is 5.56 Å². The number of carbonyl (C=O) groups is 1. The summed E-state index contributed by atoms with van der Waals surface area (Å²) < 4.78 is 16.2. The van der Waals surface area contributed by atoms with Crippen molar-refractivity contribution in [1.29, 1.82) is 0 Å². The summed E-state index contributed by atoms with van der Waals surface area (Å²) in [6.45, 7) is -0.583. The molecule has 0 amide bonds. The van der Waals surface area contributed by atoms with E-state index in [1.807, 2.05) is 0 Å². The molecule has 3 aromatic carbocycles. The number of aliphatic hydroxyl groups excluding tert-OH is 3. The molecule has 12 heteroatoms. The number of hydrogen-bond donors (Lipinski definition) is 8. The average molecular weight is 542 g/mol. The van der Waals surface area contributed by atoms with E-state index in [1.165, 1.54) is 18.2 Å². The molecule has 1 aliphatic rings. The molecular weight excluding hydrogens is 516 g/mol. The van der Waals surface area contributed by atoms with Crippen molar-refractivity contribution >= 4 is 18.1 Å². The van der Waals surface area contributed by atoms with Crippen LogP contribution < -0.4 is 4.74 Å². The predicted molar refractivity (Wildman–Crippen MR) is 134 cm³/mol. The van der Waals surface area contributed by atoms with Gasteiger partial charge in [0.1, 0.15) is 48.3 Å². The molecule has 0 saturated carbocycles. The molecule has 5 atom stereocenters. The maximum atomic E-state index is 12.3. The van der Waals surface area contributed by atoms with Crippen molar-refractivity contribution in [2.24, 2.45) is 0 Å². The van der Waals surface area contributed by atoms with Crippen LogP contribution in [0.2, 0.25) is 0 Å². The van der Waals surface area contributed by atoms with Crippen molar-refractivity contribution in [3.63, 3.8) is 0 Å². The number of aromatic hydroxyl groups is 5. The summed E-state index contributed by atoms with van der Waals surface area (Å²) in [4.78, 5) is 12.3. The van der Waals surface area contributed by atoms with Gasteiger partial charge in [0.25, 0.3) is 0 Å². The van der Waals surface area contributed by atoms with Crippen molar-refractivity contribution in [2.45, 2.75) is 30.7 Å². The highest BCUT2D eigenvalue weighted by molar-refractivity contribution is 5.91. The van der Waals surface area contributed by atoms with Gasteiger partial charge in [0, 0.05) is 6.07 Å². The van der Waals surface area contributed by atoms with Crippen LogP contribution in [0.25, 0.3) is 12.2 Å². The van der Waals surface area contributed by atoms with Crippen LogP contribution in [0.5, 0.6) is 34.5 Å². The Bertz CT molecular complexity index is 1310. The second-order valence-electron chi connectivity index (χ2n) is 8.78. The molecule has 0 spiro atoms. The summed E-state index contributed by atoms with van der Waals surface area (Å²) in [7, 11) is 0. The average Bonchev–Trinajstić information content (AvgIpc) is 2.90. The predicted octanol–water partition coefficient (Wildman–Crippen LogP) is 1.43. The van der Waals surface area contributed by atoms with Crippen LogP contribution in [0, 0.1) is 0 Å². The summed E-state index contributed by atoms with van der Waals surface area (Å²) >= 11 is 0. The topological polar surface area (TPSA) is 207 Å². The van der Waals surface area contributed by atoms with Gasteiger partial charge >= 0.3 is 5.97 Å². The number of benzene rings is 3. The zero-order chi connectivity index (χ0) is 28.3. The zero-order valence-electron chi connectivity index (χ0n) is 20.2. The molecule has 0 aromatic heterocycles. The lowest BCUT2D eigenvalue weighted by Crippen LogP contribution is -2.60. The van der Waals surface area contributed by atoms with Gasteiger partial charge in [-0.3, -0.25) is 0 Å². The molecule has 12 nitrogen and oxygen atoms in total. The second-order valence-corrected chi connectivity index (χ2v) is 8.78. The van der Waals surface area contributed by atoms with E-state index in [-0.39, 0.29) is 22.8 Å². The molecule has 39 heavy (non-hydrogen) atoms. The molecular formula is C27H26O12. The first-order chi connectivity index (χ1) is 18.5. The Balaban J connectivity index is 1.38. The van der Waals surface area contributed by atoms with E-state index in [2.05, 4.69) is 0 Å². The molecule has 0 bridgehead atoms. The van der Waals surface area contributed by atoms with E-state index in [0.717, 1.165) is 17.7 Å². The van der Waals surface area contributed by atoms with Crippen LogP contribution in [-0.2, 0) is 9.47 Å². The molecule has 0 aliphatic carbocycles. The highest BCUT2D eigenvalue weighted by atomic mass is 16.7. The zero-order valence-corrected chi connectivity index (χ0v) is 20.2. The molecule has 4 rings (SSSR count). The standard InChI is InChI=1S/C27H26O12/c28-16-7-14(8-17(29)11-16)2-1-13-3-5-18(6-4-13)38-27-25(35)24(34)23(33)21(39-27)12-37-26(36)15-9-19(30)22(32)20(31)10-15/h1-11,21,23-25,27-35H,12H2/b2-1-/t21-,23-,24+,25-,27+/m1/s1. The number of carbonyl (C=O) groups excluding carboxylic acids is 1. The third-order valence-corrected chi connectivity index (χ3v) is 5.88. The Morgan fingerprint density at radius 1 is 0.769 bits per heavy atom. The third-order valence-electron chi connectivity index (χ3n) is 5.88. The van der Waals surface area contributed by atoms with Gasteiger partial charge in [-0.15, -0.1) is 0 Å². The van der Waals surface area contributed by atoms with E-state index >= 15 is 0 Å². The number of aliphatic hydroxyl groups is 3.